The van der Waals surface area contributed by atoms with E-state index in [2.05, 4.69) is 185 Å². The molecular formula is C51H34N4OS. The van der Waals surface area contributed by atoms with Crippen molar-refractivity contribution in [1.82, 2.24) is 15.2 Å². The summed E-state index contributed by atoms with van der Waals surface area (Å²) in [5.41, 5.74) is 11.0. The first-order chi connectivity index (χ1) is 28.2. The van der Waals surface area contributed by atoms with Gasteiger partial charge in [0.2, 0.25) is 0 Å². The maximum absolute atomic E-state index is 6.68. The van der Waals surface area contributed by atoms with E-state index >= 15 is 0 Å². The van der Waals surface area contributed by atoms with Gasteiger partial charge < -0.3 is 14.3 Å². The second-order valence-electron chi connectivity index (χ2n) is 14.8. The highest BCUT2D eigenvalue weighted by atomic mass is 32.1. The topological polar surface area (TPSA) is 54.5 Å². The van der Waals surface area contributed by atoms with E-state index in [1.807, 2.05) is 23.5 Å². The molecule has 8 aromatic carbocycles. The van der Waals surface area contributed by atoms with Crippen LogP contribution in [-0.2, 0) is 0 Å². The average molecular weight is 751 g/mol. The SMILES string of the molecule is c1ccc(C2=NC(c3ccccc3)NC(c3cccc4oc5cc(-c6cccc7c6sc6cc(-n8c9ccccc9c9ccccc98)ccc67)ccc5c34)N2)cc1. The van der Waals surface area contributed by atoms with Crippen molar-refractivity contribution in [3.05, 3.63) is 199 Å². The van der Waals surface area contributed by atoms with Crippen molar-refractivity contribution >= 4 is 81.1 Å². The van der Waals surface area contributed by atoms with Crippen LogP contribution in [0, 0.1) is 0 Å². The molecule has 1 aliphatic rings. The molecule has 2 N–H and O–H groups in total. The van der Waals surface area contributed by atoms with Crippen LogP contribution in [0.5, 0.6) is 0 Å². The van der Waals surface area contributed by atoms with Gasteiger partial charge in [-0.15, -0.1) is 11.3 Å². The number of fused-ring (bicyclic) bond motifs is 9. The van der Waals surface area contributed by atoms with Crippen molar-refractivity contribution in [3.8, 4) is 16.8 Å². The molecule has 1 aliphatic heterocycles. The molecule has 57 heavy (non-hydrogen) atoms. The van der Waals surface area contributed by atoms with Crippen molar-refractivity contribution in [2.45, 2.75) is 12.3 Å². The Kier molecular flexibility index (Phi) is 7.24. The molecule has 6 heteroatoms. The van der Waals surface area contributed by atoms with E-state index in [0.717, 1.165) is 50.0 Å². The molecule has 0 saturated heterocycles. The van der Waals surface area contributed by atoms with Crippen LogP contribution >= 0.6 is 11.3 Å². The van der Waals surface area contributed by atoms with Crippen LogP contribution < -0.4 is 10.6 Å². The Hall–Kier alpha value is -6.99. The summed E-state index contributed by atoms with van der Waals surface area (Å²) in [6.07, 6.45) is -0.417. The number of hydrogen-bond donors (Lipinski definition) is 2. The van der Waals surface area contributed by atoms with Crippen molar-refractivity contribution in [2.24, 2.45) is 4.99 Å². The van der Waals surface area contributed by atoms with E-state index < -0.39 is 0 Å². The van der Waals surface area contributed by atoms with Crippen LogP contribution in [0.25, 0.3) is 80.7 Å². The Morgan fingerprint density at radius 3 is 2.05 bits per heavy atom. The Morgan fingerprint density at radius 1 is 0.544 bits per heavy atom. The minimum absolute atomic E-state index is 0.202. The van der Waals surface area contributed by atoms with Gasteiger partial charge in [-0.2, -0.15) is 0 Å². The van der Waals surface area contributed by atoms with E-state index in [4.69, 9.17) is 9.41 Å². The smallest absolute Gasteiger partial charge is 0.136 e. The predicted octanol–water partition coefficient (Wildman–Crippen LogP) is 13.1. The fourth-order valence-electron chi connectivity index (χ4n) is 8.88. The molecule has 270 valence electrons. The minimum atomic E-state index is -0.215. The molecule has 0 saturated carbocycles. The molecule has 2 atom stereocenters. The van der Waals surface area contributed by atoms with Gasteiger partial charge in [0.05, 0.1) is 11.0 Å². The van der Waals surface area contributed by atoms with Crippen molar-refractivity contribution in [2.75, 3.05) is 0 Å². The summed E-state index contributed by atoms with van der Waals surface area (Å²) < 4.78 is 11.6. The number of amidine groups is 1. The fourth-order valence-corrected chi connectivity index (χ4v) is 10.2. The molecule has 0 aliphatic carbocycles. The zero-order valence-electron chi connectivity index (χ0n) is 30.7. The minimum Gasteiger partial charge on any atom is -0.456 e. The van der Waals surface area contributed by atoms with Crippen molar-refractivity contribution in [3.63, 3.8) is 0 Å². The first kappa shape index (κ1) is 32.3. The van der Waals surface area contributed by atoms with E-state index in [1.165, 1.54) is 53.2 Å². The summed E-state index contributed by atoms with van der Waals surface area (Å²) >= 11 is 1.86. The highest BCUT2D eigenvalue weighted by molar-refractivity contribution is 7.26. The number of para-hydroxylation sites is 2. The van der Waals surface area contributed by atoms with Gasteiger partial charge in [-0.05, 0) is 59.2 Å². The number of benzene rings is 8. The summed E-state index contributed by atoms with van der Waals surface area (Å²) in [5.74, 6) is 0.860. The molecule has 4 heterocycles. The second kappa shape index (κ2) is 12.8. The molecule has 12 rings (SSSR count). The fraction of sp³-hybridized carbons (Fsp3) is 0.0392. The highest BCUT2D eigenvalue weighted by Gasteiger charge is 2.28. The van der Waals surface area contributed by atoms with E-state index in [-0.39, 0.29) is 12.3 Å². The Labute approximate surface area is 332 Å². The van der Waals surface area contributed by atoms with Gasteiger partial charge in [0, 0.05) is 58.5 Å². The summed E-state index contributed by atoms with van der Waals surface area (Å²) in [5, 5.41) is 14.8. The molecular weight excluding hydrogens is 717 g/mol. The lowest BCUT2D eigenvalue weighted by Gasteiger charge is -2.32. The number of furan rings is 1. The van der Waals surface area contributed by atoms with Gasteiger partial charge in [-0.3, -0.25) is 5.32 Å². The maximum atomic E-state index is 6.68. The third kappa shape index (κ3) is 5.15. The van der Waals surface area contributed by atoms with E-state index in [1.54, 1.807) is 0 Å². The Balaban J connectivity index is 0.954. The lowest BCUT2D eigenvalue weighted by atomic mass is 9.99. The lowest BCUT2D eigenvalue weighted by Crippen LogP contribution is -2.45. The zero-order valence-corrected chi connectivity index (χ0v) is 31.5. The van der Waals surface area contributed by atoms with Crippen molar-refractivity contribution < 1.29 is 4.42 Å². The third-order valence-electron chi connectivity index (χ3n) is 11.5. The molecule has 3 aromatic heterocycles. The van der Waals surface area contributed by atoms with Gasteiger partial charge in [0.25, 0.3) is 0 Å². The molecule has 0 bridgehead atoms. The average Bonchev–Trinajstić information content (AvgIpc) is 3.96. The van der Waals surface area contributed by atoms with Crippen LogP contribution in [0.2, 0.25) is 0 Å². The number of aromatic nitrogens is 1. The second-order valence-corrected chi connectivity index (χ2v) is 15.8. The summed E-state index contributed by atoms with van der Waals surface area (Å²) in [6.45, 7) is 0. The van der Waals surface area contributed by atoms with E-state index in [9.17, 15) is 0 Å². The van der Waals surface area contributed by atoms with Crippen LogP contribution in [0.3, 0.4) is 0 Å². The molecule has 0 amide bonds. The van der Waals surface area contributed by atoms with Crippen LogP contribution in [0.4, 0.5) is 0 Å². The Bertz CT molecular complexity index is 3320. The first-order valence-corrected chi connectivity index (χ1v) is 20.2. The summed E-state index contributed by atoms with van der Waals surface area (Å²) in [4.78, 5) is 5.13. The highest BCUT2D eigenvalue weighted by Crippen LogP contribution is 2.43. The van der Waals surface area contributed by atoms with Crippen LogP contribution in [0.15, 0.2) is 191 Å². The molecule has 0 radical (unpaired) electrons. The van der Waals surface area contributed by atoms with Gasteiger partial charge >= 0.3 is 0 Å². The lowest BCUT2D eigenvalue weighted by molar-refractivity contribution is 0.411. The van der Waals surface area contributed by atoms with Crippen molar-refractivity contribution in [1.29, 1.82) is 0 Å². The van der Waals surface area contributed by atoms with Crippen LogP contribution in [-0.4, -0.2) is 10.4 Å². The standard InChI is InChI=1S/C51H34N4OS/c1-3-13-31(14-4-1)49-52-50(32-15-5-2-6-16-32)54-51(53-49)41-21-12-24-44-47(41)40-27-25-33(29-45(40)56-44)35-19-11-20-39-38-28-26-34(30-46(38)57-48(35)39)55-42-22-9-7-17-36(42)37-18-8-10-23-43(37)55/h1-30,49,51,53H,(H,52,54). The molecule has 2 unspecified atom stereocenters. The zero-order chi connectivity index (χ0) is 37.5. The maximum Gasteiger partial charge on any atom is 0.136 e. The first-order valence-electron chi connectivity index (χ1n) is 19.4. The summed E-state index contributed by atoms with van der Waals surface area (Å²) in [6, 6.07) is 64.8. The number of rotatable bonds is 5. The number of thiophene rings is 1. The largest absolute Gasteiger partial charge is 0.456 e. The predicted molar refractivity (Wildman–Crippen MR) is 238 cm³/mol. The molecule has 5 nitrogen and oxygen atoms in total. The van der Waals surface area contributed by atoms with Gasteiger partial charge in [-0.25, -0.2) is 4.99 Å². The van der Waals surface area contributed by atoms with Gasteiger partial charge in [0.15, 0.2) is 0 Å². The number of nitrogens with zero attached hydrogens (tertiary/aromatic N) is 2. The van der Waals surface area contributed by atoms with E-state index in [0.29, 0.717) is 0 Å². The van der Waals surface area contributed by atoms with Gasteiger partial charge in [0.1, 0.15) is 29.3 Å². The third-order valence-corrected chi connectivity index (χ3v) is 12.7. The molecule has 11 aromatic rings. The number of aliphatic imine (C=N–C) groups is 1. The molecule has 0 spiro atoms. The monoisotopic (exact) mass is 750 g/mol. The molecule has 0 fully saturated rings. The number of nitrogens with one attached hydrogen (secondary N) is 2. The number of hydrogen-bond acceptors (Lipinski definition) is 5. The Morgan fingerprint density at radius 2 is 1.25 bits per heavy atom. The normalized spacial score (nSPS) is 15.9. The summed E-state index contributed by atoms with van der Waals surface area (Å²) in [7, 11) is 0. The van der Waals surface area contributed by atoms with Gasteiger partial charge in [-0.1, -0.05) is 140 Å². The quantitative estimate of drug-likeness (QED) is 0.184. The van der Waals surface area contributed by atoms with Crippen LogP contribution in [0.1, 0.15) is 29.0 Å².